The number of carbonyl (C=O) groups is 2. The van der Waals surface area contributed by atoms with Gasteiger partial charge in [0.05, 0.1) is 48.8 Å². The summed E-state index contributed by atoms with van der Waals surface area (Å²) < 4.78 is 11.6. The molecule has 1 saturated heterocycles. The highest BCUT2D eigenvalue weighted by Gasteiger charge is 2.19. The van der Waals surface area contributed by atoms with Gasteiger partial charge in [0.25, 0.3) is 5.56 Å². The molecule has 0 spiro atoms. The molecule has 1 N–H and O–H groups in total. The monoisotopic (exact) mass is 422 g/mol. The van der Waals surface area contributed by atoms with Crippen LogP contribution in [0.2, 0.25) is 0 Å². The van der Waals surface area contributed by atoms with Crippen LogP contribution < -0.4 is 15.8 Å². The highest BCUT2D eigenvalue weighted by molar-refractivity contribution is 6.02. The van der Waals surface area contributed by atoms with Gasteiger partial charge in [0.15, 0.2) is 0 Å². The van der Waals surface area contributed by atoms with E-state index in [9.17, 15) is 14.4 Å². The lowest BCUT2D eigenvalue weighted by Crippen LogP contribution is -2.36. The summed E-state index contributed by atoms with van der Waals surface area (Å²) >= 11 is 0. The molecule has 9 nitrogen and oxygen atoms in total. The van der Waals surface area contributed by atoms with Gasteiger partial charge in [0, 0.05) is 18.8 Å². The maximum Gasteiger partial charge on any atom is 0.340 e. The first-order valence-corrected chi connectivity index (χ1v) is 9.86. The molecule has 1 aliphatic rings. The number of rotatable bonds is 5. The van der Waals surface area contributed by atoms with Gasteiger partial charge in [-0.1, -0.05) is 12.1 Å². The van der Waals surface area contributed by atoms with Crippen molar-refractivity contribution in [3.05, 3.63) is 64.6 Å². The van der Waals surface area contributed by atoms with Crippen molar-refractivity contribution in [1.82, 2.24) is 9.55 Å². The molecule has 1 aliphatic heterocycles. The lowest BCUT2D eigenvalue weighted by atomic mass is 10.1. The number of aromatic nitrogens is 2. The van der Waals surface area contributed by atoms with E-state index < -0.39 is 11.9 Å². The normalized spacial score (nSPS) is 13.8. The Hall–Kier alpha value is -3.72. The molecule has 0 unspecified atom stereocenters. The number of methoxy groups -OCH3 is 1. The minimum absolute atomic E-state index is 0.215. The predicted octanol–water partition coefficient (Wildman–Crippen LogP) is 1.66. The highest BCUT2D eigenvalue weighted by Crippen LogP contribution is 2.25. The number of fused-ring (bicyclic) bond motifs is 1. The number of esters is 1. The van der Waals surface area contributed by atoms with Crippen LogP contribution in [-0.2, 0) is 20.8 Å². The van der Waals surface area contributed by atoms with E-state index in [2.05, 4.69) is 15.2 Å². The predicted molar refractivity (Wildman–Crippen MR) is 115 cm³/mol. The molecule has 31 heavy (non-hydrogen) atoms. The fourth-order valence-electron chi connectivity index (χ4n) is 3.55. The van der Waals surface area contributed by atoms with Gasteiger partial charge in [-0.2, -0.15) is 0 Å². The SMILES string of the molecule is COC(=O)c1cc(N2CCOCC2)ccc1NC(=O)Cn1c(=O)cnc2ccccc21. The Morgan fingerprint density at radius 3 is 2.71 bits per heavy atom. The summed E-state index contributed by atoms with van der Waals surface area (Å²) in [6, 6.07) is 12.3. The number of nitrogens with one attached hydrogen (secondary N) is 1. The van der Waals surface area contributed by atoms with Gasteiger partial charge >= 0.3 is 5.97 Å². The van der Waals surface area contributed by atoms with Crippen molar-refractivity contribution in [2.75, 3.05) is 43.6 Å². The third-order valence-electron chi connectivity index (χ3n) is 5.11. The van der Waals surface area contributed by atoms with Crippen LogP contribution in [0.1, 0.15) is 10.4 Å². The van der Waals surface area contributed by atoms with Gasteiger partial charge in [-0.25, -0.2) is 9.78 Å². The molecule has 1 amide bonds. The molecule has 2 heterocycles. The number of hydrogen-bond donors (Lipinski definition) is 1. The lowest BCUT2D eigenvalue weighted by molar-refractivity contribution is -0.116. The number of ether oxygens (including phenoxy) is 2. The van der Waals surface area contributed by atoms with Crippen molar-refractivity contribution in [2.45, 2.75) is 6.54 Å². The van der Waals surface area contributed by atoms with Crippen molar-refractivity contribution >= 4 is 34.3 Å². The minimum Gasteiger partial charge on any atom is -0.465 e. The Labute approximate surface area is 178 Å². The average molecular weight is 422 g/mol. The quantitative estimate of drug-likeness (QED) is 0.624. The van der Waals surface area contributed by atoms with Crippen LogP contribution in [0.25, 0.3) is 11.0 Å². The van der Waals surface area contributed by atoms with E-state index in [1.54, 1.807) is 30.3 Å². The highest BCUT2D eigenvalue weighted by atomic mass is 16.5. The summed E-state index contributed by atoms with van der Waals surface area (Å²) in [6.45, 7) is 2.43. The second-order valence-corrected chi connectivity index (χ2v) is 7.04. The Morgan fingerprint density at radius 1 is 1.16 bits per heavy atom. The van der Waals surface area contributed by atoms with Crippen molar-refractivity contribution < 1.29 is 19.1 Å². The van der Waals surface area contributed by atoms with Gasteiger partial charge < -0.3 is 19.7 Å². The molecule has 2 aromatic carbocycles. The Kier molecular flexibility index (Phi) is 5.94. The van der Waals surface area contributed by atoms with Gasteiger partial charge in [-0.15, -0.1) is 0 Å². The lowest BCUT2D eigenvalue weighted by Gasteiger charge is -2.29. The van der Waals surface area contributed by atoms with Crippen molar-refractivity contribution in [3.8, 4) is 0 Å². The maximum absolute atomic E-state index is 12.8. The van der Waals surface area contributed by atoms with Gasteiger partial charge in [0.2, 0.25) is 5.91 Å². The number of benzene rings is 2. The standard InChI is InChI=1S/C22H22N4O5/c1-30-22(29)16-12-15(25-8-10-31-11-9-25)6-7-17(16)24-20(27)14-26-19-5-3-2-4-18(19)23-13-21(26)28/h2-7,12-13H,8-11,14H2,1H3,(H,24,27). The third-order valence-corrected chi connectivity index (χ3v) is 5.11. The molecule has 0 saturated carbocycles. The molecule has 3 aromatic rings. The van der Waals surface area contributed by atoms with E-state index in [0.29, 0.717) is 43.0 Å². The molecule has 0 bridgehead atoms. The zero-order chi connectivity index (χ0) is 21.8. The number of anilines is 2. The summed E-state index contributed by atoms with van der Waals surface area (Å²) in [5, 5.41) is 2.73. The van der Waals surface area contributed by atoms with Crippen LogP contribution in [0.4, 0.5) is 11.4 Å². The molecule has 1 aromatic heterocycles. The summed E-state index contributed by atoms with van der Waals surface area (Å²) in [7, 11) is 1.29. The molecule has 0 aliphatic carbocycles. The molecular formula is C22H22N4O5. The summed E-state index contributed by atoms with van der Waals surface area (Å²) in [5.41, 5.74) is 2.19. The van der Waals surface area contributed by atoms with Gasteiger partial charge in [-0.05, 0) is 30.3 Å². The third kappa shape index (κ3) is 4.41. The number of carbonyl (C=O) groups excluding carboxylic acids is 2. The van der Waals surface area contributed by atoms with Crippen molar-refractivity contribution in [2.24, 2.45) is 0 Å². The van der Waals surface area contributed by atoms with Crippen LogP contribution in [0.3, 0.4) is 0 Å². The fraction of sp³-hybridized carbons (Fsp3) is 0.273. The summed E-state index contributed by atoms with van der Waals surface area (Å²) in [4.78, 5) is 43.6. The zero-order valence-electron chi connectivity index (χ0n) is 17.0. The first-order valence-electron chi connectivity index (χ1n) is 9.86. The van der Waals surface area contributed by atoms with E-state index in [0.717, 1.165) is 5.69 Å². The number of morpholine rings is 1. The minimum atomic E-state index is -0.558. The first-order chi connectivity index (χ1) is 15.1. The maximum atomic E-state index is 12.8. The fourth-order valence-corrected chi connectivity index (χ4v) is 3.55. The van der Waals surface area contributed by atoms with E-state index in [4.69, 9.17) is 9.47 Å². The van der Waals surface area contributed by atoms with Crippen LogP contribution in [0.15, 0.2) is 53.5 Å². The van der Waals surface area contributed by atoms with E-state index in [1.165, 1.54) is 17.9 Å². The van der Waals surface area contributed by atoms with Crippen LogP contribution >= 0.6 is 0 Å². The second-order valence-electron chi connectivity index (χ2n) is 7.04. The molecule has 9 heteroatoms. The van der Waals surface area contributed by atoms with Crippen LogP contribution in [0, 0.1) is 0 Å². The topological polar surface area (TPSA) is 103 Å². The Morgan fingerprint density at radius 2 is 1.94 bits per heavy atom. The average Bonchev–Trinajstić information content (AvgIpc) is 2.81. The van der Waals surface area contributed by atoms with Gasteiger partial charge in [-0.3, -0.25) is 14.2 Å². The number of amides is 1. The number of nitrogens with zero attached hydrogens (tertiary/aromatic N) is 3. The molecule has 4 rings (SSSR count). The molecule has 1 fully saturated rings. The Bertz CT molecular complexity index is 1180. The van der Waals surface area contributed by atoms with E-state index in [-0.39, 0.29) is 17.7 Å². The summed E-state index contributed by atoms with van der Waals surface area (Å²) in [5.74, 6) is -1.00. The largest absolute Gasteiger partial charge is 0.465 e. The van der Waals surface area contributed by atoms with Crippen LogP contribution in [-0.4, -0.2) is 54.8 Å². The number of hydrogen-bond acceptors (Lipinski definition) is 7. The molecule has 160 valence electrons. The molecule has 0 radical (unpaired) electrons. The smallest absolute Gasteiger partial charge is 0.340 e. The van der Waals surface area contributed by atoms with Crippen molar-refractivity contribution in [3.63, 3.8) is 0 Å². The van der Waals surface area contributed by atoms with Gasteiger partial charge in [0.1, 0.15) is 6.54 Å². The molecular weight excluding hydrogens is 400 g/mol. The zero-order valence-corrected chi connectivity index (χ0v) is 17.0. The molecule has 0 atom stereocenters. The second kappa shape index (κ2) is 8.97. The Balaban J connectivity index is 1.60. The summed E-state index contributed by atoms with van der Waals surface area (Å²) in [6.07, 6.45) is 1.19. The van der Waals surface area contributed by atoms with Crippen LogP contribution in [0.5, 0.6) is 0 Å². The van der Waals surface area contributed by atoms with Crippen molar-refractivity contribution in [1.29, 1.82) is 0 Å². The first kappa shape index (κ1) is 20.5. The van der Waals surface area contributed by atoms with E-state index >= 15 is 0 Å². The number of para-hydroxylation sites is 2. The van der Waals surface area contributed by atoms with E-state index in [1.807, 2.05) is 12.1 Å².